The molecule has 1 aliphatic carbocycles. The van der Waals surface area contributed by atoms with Gasteiger partial charge in [-0.15, -0.1) is 0 Å². The van der Waals surface area contributed by atoms with E-state index >= 15 is 0 Å². The van der Waals surface area contributed by atoms with Crippen molar-refractivity contribution in [1.82, 2.24) is 0 Å². The van der Waals surface area contributed by atoms with Crippen LogP contribution in [-0.2, 0) is 0 Å². The molecule has 96 valence electrons. The maximum atomic E-state index is 12.6. The summed E-state index contributed by atoms with van der Waals surface area (Å²) in [5.74, 6) is -0.676. The molecular formula is C12H22F3N. The molecule has 1 nitrogen and oxygen atoms in total. The highest BCUT2D eigenvalue weighted by Gasteiger charge is 2.45. The van der Waals surface area contributed by atoms with E-state index < -0.39 is 17.6 Å². The molecule has 4 heteroatoms. The summed E-state index contributed by atoms with van der Waals surface area (Å²) < 4.78 is 37.9. The van der Waals surface area contributed by atoms with Gasteiger partial charge < -0.3 is 5.73 Å². The number of rotatable bonds is 3. The average Bonchev–Trinajstić information content (AvgIpc) is 2.14. The van der Waals surface area contributed by atoms with Gasteiger partial charge in [-0.2, -0.15) is 13.2 Å². The van der Waals surface area contributed by atoms with Gasteiger partial charge in [0.25, 0.3) is 0 Å². The Hall–Kier alpha value is -0.250. The molecule has 2 unspecified atom stereocenters. The molecule has 1 saturated carbocycles. The largest absolute Gasteiger partial charge is 0.391 e. The van der Waals surface area contributed by atoms with Gasteiger partial charge in [0.2, 0.25) is 0 Å². The van der Waals surface area contributed by atoms with Gasteiger partial charge in [0.1, 0.15) is 0 Å². The second kappa shape index (κ2) is 4.94. The number of nitrogens with two attached hydrogens (primary N) is 1. The summed E-state index contributed by atoms with van der Waals surface area (Å²) in [6, 6.07) is 0. The fourth-order valence-electron chi connectivity index (χ4n) is 2.48. The Balaban J connectivity index is 2.54. The maximum absolute atomic E-state index is 12.6. The summed E-state index contributed by atoms with van der Waals surface area (Å²) >= 11 is 0. The molecule has 0 spiro atoms. The van der Waals surface area contributed by atoms with Crippen molar-refractivity contribution >= 4 is 0 Å². The molecule has 0 bridgehead atoms. The van der Waals surface area contributed by atoms with Crippen LogP contribution in [0.3, 0.4) is 0 Å². The molecule has 0 aromatic heterocycles. The summed E-state index contributed by atoms with van der Waals surface area (Å²) in [4.78, 5) is 0. The number of hydrogen-bond acceptors (Lipinski definition) is 1. The first-order chi connectivity index (χ1) is 7.23. The Kier molecular flexibility index (Phi) is 4.27. The Labute approximate surface area is 95.6 Å². The molecule has 0 aromatic carbocycles. The van der Waals surface area contributed by atoms with Crippen LogP contribution in [0.25, 0.3) is 0 Å². The fraction of sp³-hybridized carbons (Fsp3) is 1.00. The standard InChI is InChI=1S/C12H22F3N/c1-9(2)5-7-11(16)6-3-4-10(8-11)12(13,14)15/h9-10H,3-8,16H2,1-2H3. The lowest BCUT2D eigenvalue weighted by atomic mass is 9.73. The number of hydrogen-bond donors (Lipinski definition) is 1. The lowest BCUT2D eigenvalue weighted by molar-refractivity contribution is -0.187. The molecule has 0 aromatic rings. The molecule has 1 aliphatic rings. The highest BCUT2D eigenvalue weighted by atomic mass is 19.4. The molecular weight excluding hydrogens is 215 g/mol. The monoisotopic (exact) mass is 237 g/mol. The van der Waals surface area contributed by atoms with Gasteiger partial charge in [0.05, 0.1) is 5.92 Å². The van der Waals surface area contributed by atoms with E-state index in [-0.39, 0.29) is 12.8 Å². The normalized spacial score (nSPS) is 32.1. The quantitative estimate of drug-likeness (QED) is 0.792. The summed E-state index contributed by atoms with van der Waals surface area (Å²) in [5, 5.41) is 0. The van der Waals surface area contributed by atoms with Crippen LogP contribution in [0.1, 0.15) is 52.4 Å². The molecule has 2 atom stereocenters. The van der Waals surface area contributed by atoms with Crippen molar-refractivity contribution in [3.8, 4) is 0 Å². The van der Waals surface area contributed by atoms with Gasteiger partial charge in [-0.3, -0.25) is 0 Å². The average molecular weight is 237 g/mol. The van der Waals surface area contributed by atoms with Crippen molar-refractivity contribution in [2.45, 2.75) is 64.1 Å². The first-order valence-electron chi connectivity index (χ1n) is 6.08. The highest BCUT2D eigenvalue weighted by molar-refractivity contribution is 4.92. The van der Waals surface area contributed by atoms with Gasteiger partial charge in [0.15, 0.2) is 0 Å². The van der Waals surface area contributed by atoms with Crippen LogP contribution >= 0.6 is 0 Å². The molecule has 16 heavy (non-hydrogen) atoms. The van der Waals surface area contributed by atoms with E-state index in [0.717, 1.165) is 19.3 Å². The van der Waals surface area contributed by atoms with Crippen molar-refractivity contribution in [2.24, 2.45) is 17.6 Å². The molecule has 2 N–H and O–H groups in total. The molecule has 0 heterocycles. The minimum absolute atomic E-state index is 0.114. The van der Waals surface area contributed by atoms with E-state index in [1.54, 1.807) is 0 Å². The smallest absolute Gasteiger partial charge is 0.325 e. The van der Waals surface area contributed by atoms with Gasteiger partial charge in [-0.25, -0.2) is 0 Å². The van der Waals surface area contributed by atoms with Crippen LogP contribution in [0, 0.1) is 11.8 Å². The number of alkyl halides is 3. The van der Waals surface area contributed by atoms with Crippen LogP contribution in [0.4, 0.5) is 13.2 Å². The van der Waals surface area contributed by atoms with Gasteiger partial charge in [-0.1, -0.05) is 20.3 Å². The van der Waals surface area contributed by atoms with E-state index in [0.29, 0.717) is 12.3 Å². The second-order valence-corrected chi connectivity index (χ2v) is 5.63. The predicted octanol–water partition coefficient (Wildman–Crippen LogP) is 3.87. The first kappa shape index (κ1) is 13.8. The Morgan fingerprint density at radius 2 is 2.00 bits per heavy atom. The van der Waals surface area contributed by atoms with E-state index in [4.69, 9.17) is 5.73 Å². The molecule has 0 radical (unpaired) electrons. The zero-order valence-electron chi connectivity index (χ0n) is 10.1. The van der Waals surface area contributed by atoms with E-state index in [9.17, 15) is 13.2 Å². The van der Waals surface area contributed by atoms with Crippen molar-refractivity contribution in [2.75, 3.05) is 0 Å². The lowest BCUT2D eigenvalue weighted by Gasteiger charge is -2.39. The molecule has 0 saturated heterocycles. The molecule has 0 aliphatic heterocycles. The first-order valence-corrected chi connectivity index (χ1v) is 6.08. The molecule has 1 rings (SSSR count). The van der Waals surface area contributed by atoms with Crippen LogP contribution < -0.4 is 5.73 Å². The summed E-state index contributed by atoms with van der Waals surface area (Å²) in [5.41, 5.74) is 5.51. The summed E-state index contributed by atoms with van der Waals surface area (Å²) in [6.07, 6.45) is -0.709. The molecule has 0 amide bonds. The Morgan fingerprint density at radius 1 is 1.38 bits per heavy atom. The lowest BCUT2D eigenvalue weighted by Crippen LogP contribution is -2.47. The van der Waals surface area contributed by atoms with Gasteiger partial charge in [-0.05, 0) is 38.0 Å². The minimum atomic E-state index is -4.07. The fourth-order valence-corrected chi connectivity index (χ4v) is 2.48. The van der Waals surface area contributed by atoms with E-state index in [1.165, 1.54) is 0 Å². The van der Waals surface area contributed by atoms with Crippen LogP contribution in [0.15, 0.2) is 0 Å². The zero-order chi connectivity index (χ0) is 12.4. The summed E-state index contributed by atoms with van der Waals surface area (Å²) in [6.45, 7) is 4.15. The molecule has 1 fully saturated rings. The van der Waals surface area contributed by atoms with Crippen LogP contribution in [-0.4, -0.2) is 11.7 Å². The third-order valence-corrected chi connectivity index (χ3v) is 3.56. The summed E-state index contributed by atoms with van der Waals surface area (Å²) in [7, 11) is 0. The highest BCUT2D eigenvalue weighted by Crippen LogP contribution is 2.42. The third kappa shape index (κ3) is 3.96. The van der Waals surface area contributed by atoms with Crippen LogP contribution in [0.2, 0.25) is 0 Å². The predicted molar refractivity (Wildman–Crippen MR) is 59.0 cm³/mol. The third-order valence-electron chi connectivity index (χ3n) is 3.56. The number of halogens is 3. The Bertz CT molecular complexity index is 225. The van der Waals surface area contributed by atoms with E-state index in [2.05, 4.69) is 13.8 Å². The SMILES string of the molecule is CC(C)CCC1(N)CCCC(C(F)(F)F)C1. The topological polar surface area (TPSA) is 26.0 Å². The van der Waals surface area contributed by atoms with Crippen molar-refractivity contribution in [3.05, 3.63) is 0 Å². The maximum Gasteiger partial charge on any atom is 0.391 e. The minimum Gasteiger partial charge on any atom is -0.325 e. The zero-order valence-corrected chi connectivity index (χ0v) is 10.1. The second-order valence-electron chi connectivity index (χ2n) is 5.63. The van der Waals surface area contributed by atoms with Crippen molar-refractivity contribution < 1.29 is 13.2 Å². The van der Waals surface area contributed by atoms with Crippen molar-refractivity contribution in [3.63, 3.8) is 0 Å². The van der Waals surface area contributed by atoms with Gasteiger partial charge >= 0.3 is 6.18 Å². The van der Waals surface area contributed by atoms with E-state index in [1.807, 2.05) is 0 Å². The van der Waals surface area contributed by atoms with Crippen molar-refractivity contribution in [1.29, 1.82) is 0 Å². The van der Waals surface area contributed by atoms with Gasteiger partial charge in [0, 0.05) is 5.54 Å². The Morgan fingerprint density at radius 3 is 2.50 bits per heavy atom. The van der Waals surface area contributed by atoms with Crippen LogP contribution in [0.5, 0.6) is 0 Å².